The molecule has 0 atom stereocenters. The van der Waals surface area contributed by atoms with Crippen LogP contribution in [0.15, 0.2) is 510 Å². The van der Waals surface area contributed by atoms with Crippen molar-refractivity contribution in [3.63, 3.8) is 0 Å². The molecule has 128 heavy (non-hydrogen) atoms. The number of rotatable bonds is 16. The number of benzene rings is 22. The zero-order valence-electron chi connectivity index (χ0n) is 70.3. The molecule has 0 amide bonds. The molecule has 24 rings (SSSR count). The first-order chi connectivity index (χ1) is 63.4. The van der Waals surface area contributed by atoms with Crippen molar-refractivity contribution in [2.24, 2.45) is 0 Å². The van der Waals surface area contributed by atoms with E-state index in [1.54, 1.807) is 0 Å². The minimum atomic E-state index is 1.09. The molecule has 4 nitrogen and oxygen atoms in total. The summed E-state index contributed by atoms with van der Waals surface area (Å²) >= 11 is 0. The molecule has 0 aliphatic heterocycles. The predicted molar refractivity (Wildman–Crippen MR) is 544 cm³/mol. The number of para-hydroxylation sites is 4. The van der Waals surface area contributed by atoms with Gasteiger partial charge in [0.25, 0.3) is 0 Å². The first kappa shape index (κ1) is 76.0. The highest BCUT2D eigenvalue weighted by Crippen LogP contribution is 2.44. The van der Waals surface area contributed by atoms with Crippen molar-refractivity contribution in [3.8, 4) is 100 Å². The number of hydrogen-bond donors (Lipinski definition) is 0. The van der Waals surface area contributed by atoms with Gasteiger partial charge < -0.3 is 18.9 Å². The average molecular weight is 1630 g/mol. The molecule has 600 valence electrons. The van der Waals surface area contributed by atoms with Crippen LogP contribution in [-0.2, 0) is 0 Å². The Kier molecular flexibility index (Phi) is 19.6. The van der Waals surface area contributed by atoms with Gasteiger partial charge in [0.05, 0.1) is 22.1 Å². The van der Waals surface area contributed by atoms with Gasteiger partial charge in [-0.25, -0.2) is 0 Å². The summed E-state index contributed by atoms with van der Waals surface area (Å²) in [6, 6.07) is 185. The highest BCUT2D eigenvalue weighted by Gasteiger charge is 2.21. The molecule has 22 aromatic carbocycles. The van der Waals surface area contributed by atoms with Gasteiger partial charge >= 0.3 is 0 Å². The molecule has 0 aliphatic carbocycles. The van der Waals surface area contributed by atoms with E-state index in [9.17, 15) is 0 Å². The van der Waals surface area contributed by atoms with Crippen molar-refractivity contribution in [3.05, 3.63) is 510 Å². The summed E-state index contributed by atoms with van der Waals surface area (Å²) in [5.41, 5.74) is 32.9. The van der Waals surface area contributed by atoms with Crippen LogP contribution in [-0.4, -0.2) is 9.13 Å². The molecule has 2 heterocycles. The van der Waals surface area contributed by atoms with Crippen LogP contribution in [0.4, 0.5) is 34.1 Å². The Morgan fingerprint density at radius 2 is 0.320 bits per heavy atom. The summed E-state index contributed by atoms with van der Waals surface area (Å²) < 4.78 is 4.75. The van der Waals surface area contributed by atoms with Gasteiger partial charge in [0.2, 0.25) is 0 Å². The van der Waals surface area contributed by atoms with Gasteiger partial charge in [-0.1, -0.05) is 382 Å². The lowest BCUT2D eigenvalue weighted by molar-refractivity contribution is 1.17. The molecule has 0 radical (unpaired) electrons. The third-order valence-electron chi connectivity index (χ3n) is 25.7. The SMILES string of the molecule is c1ccc2c(-c3ccc(-c4ccc(N(c5ccc(-c6ccc(-c7cccc8ccccc78)cc6)cc5)c5ccc(-n6c7ccccc7c7ccccc76)cc5)cc4)cc3)cccc2c1.c1ccc2cc(-c3ccc(-c4ccc(N(c5ccc(-c6ccc(-c7cccc8ccccc78)cc6)cc5)c5ccc(-n6c7ccccc7c7ccccc76)cc5)cc4)cc3)ccc2c1. The van der Waals surface area contributed by atoms with Crippen LogP contribution in [0.25, 0.3) is 187 Å². The predicted octanol–water partition coefficient (Wildman–Crippen LogP) is 34.5. The topological polar surface area (TPSA) is 16.3 Å². The minimum Gasteiger partial charge on any atom is -0.311 e. The smallest absolute Gasteiger partial charge is 0.0541 e. The van der Waals surface area contributed by atoms with Gasteiger partial charge in [-0.2, -0.15) is 0 Å². The molecule has 0 fully saturated rings. The first-order valence-corrected chi connectivity index (χ1v) is 44.0. The number of anilines is 6. The fraction of sp³-hybridized carbons (Fsp3) is 0. The summed E-state index contributed by atoms with van der Waals surface area (Å²) in [5, 5.41) is 15.1. The molecular weight excluding hydrogens is 1550 g/mol. The Morgan fingerprint density at radius 3 is 0.602 bits per heavy atom. The second kappa shape index (κ2) is 33.0. The standard InChI is InChI=1S/2C62H42N2/c1-3-15-55-47(11-1)13-9-19-57(55)49-27-23-43(24-28-49)45-31-35-51(36-32-45)63(53-39-41-54(42-40-53)64-61-21-7-5-17-59(61)60-18-6-8-22-62(60)64)52-37-33-46(34-38-52)44-25-29-50(30-26-44)58-20-10-14-48-12-2-4-16-56(48)58;1-2-12-51-42-52(29-26-43(51)10-1)48-22-20-44(21-23-48)46-30-34-53(35-31-46)63(55-38-40-56(41-39-55)64-61-18-7-5-15-59(61)60-16-6-8-19-62(60)64)54-36-32-47(33-37-54)45-24-27-50(28-25-45)58-17-9-13-49-11-3-4-14-57(49)58/h2*1-42H. The van der Waals surface area contributed by atoms with Crippen molar-refractivity contribution in [2.75, 3.05) is 9.80 Å². The molecule has 0 bridgehead atoms. The molecule has 0 aliphatic rings. The molecular formula is C124H84N4. The summed E-state index contributed by atoms with van der Waals surface area (Å²) in [5.74, 6) is 0. The molecule has 0 saturated heterocycles. The zero-order chi connectivity index (χ0) is 84.8. The second-order valence-corrected chi connectivity index (χ2v) is 33.1. The number of hydrogen-bond acceptors (Lipinski definition) is 2. The third-order valence-corrected chi connectivity index (χ3v) is 25.7. The van der Waals surface area contributed by atoms with Gasteiger partial charge in [0.1, 0.15) is 0 Å². The van der Waals surface area contributed by atoms with E-state index in [2.05, 4.69) is 529 Å². The van der Waals surface area contributed by atoms with E-state index in [4.69, 9.17) is 0 Å². The van der Waals surface area contributed by atoms with Crippen LogP contribution in [0, 0.1) is 0 Å². The van der Waals surface area contributed by atoms with Gasteiger partial charge in [0.15, 0.2) is 0 Å². The maximum absolute atomic E-state index is 2.37. The largest absolute Gasteiger partial charge is 0.311 e. The zero-order valence-corrected chi connectivity index (χ0v) is 70.3. The van der Waals surface area contributed by atoms with E-state index in [1.165, 1.54) is 176 Å². The van der Waals surface area contributed by atoms with Gasteiger partial charge in [-0.05, 0) is 259 Å². The van der Waals surface area contributed by atoms with Crippen molar-refractivity contribution in [1.82, 2.24) is 9.13 Å². The van der Waals surface area contributed by atoms with Crippen LogP contribution >= 0.6 is 0 Å². The van der Waals surface area contributed by atoms with E-state index in [1.807, 2.05) is 0 Å². The maximum Gasteiger partial charge on any atom is 0.0541 e. The van der Waals surface area contributed by atoms with E-state index in [-0.39, 0.29) is 0 Å². The van der Waals surface area contributed by atoms with Crippen LogP contribution < -0.4 is 9.80 Å². The van der Waals surface area contributed by atoms with Gasteiger partial charge in [0, 0.05) is 67.0 Å². The fourth-order valence-electron chi connectivity index (χ4n) is 19.2. The lowest BCUT2D eigenvalue weighted by atomic mass is 9.96. The molecule has 0 N–H and O–H groups in total. The molecule has 0 saturated carbocycles. The number of fused-ring (bicyclic) bond motifs is 10. The van der Waals surface area contributed by atoms with Gasteiger partial charge in [-0.15, -0.1) is 0 Å². The van der Waals surface area contributed by atoms with Crippen molar-refractivity contribution >= 4 is 121 Å². The average Bonchev–Trinajstić information content (AvgIpc) is 1.66. The van der Waals surface area contributed by atoms with E-state index < -0.39 is 0 Å². The molecule has 24 aromatic rings. The summed E-state index contributed by atoms with van der Waals surface area (Å²) in [6.45, 7) is 0. The Bertz CT molecular complexity index is 7920. The number of aromatic nitrogens is 2. The maximum atomic E-state index is 2.37. The van der Waals surface area contributed by atoms with Crippen molar-refractivity contribution in [2.45, 2.75) is 0 Å². The summed E-state index contributed by atoms with van der Waals surface area (Å²) in [4.78, 5) is 4.71. The van der Waals surface area contributed by atoms with E-state index in [0.717, 1.165) is 45.5 Å². The minimum absolute atomic E-state index is 1.09. The highest BCUT2D eigenvalue weighted by atomic mass is 15.1. The Hall–Kier alpha value is -16.9. The summed E-state index contributed by atoms with van der Waals surface area (Å²) in [6.07, 6.45) is 0. The third kappa shape index (κ3) is 14.3. The van der Waals surface area contributed by atoms with Crippen LogP contribution in [0.5, 0.6) is 0 Å². The van der Waals surface area contributed by atoms with Crippen LogP contribution in [0.3, 0.4) is 0 Å². The summed E-state index contributed by atoms with van der Waals surface area (Å²) in [7, 11) is 0. The second-order valence-electron chi connectivity index (χ2n) is 33.1. The Balaban J connectivity index is 0.000000146. The molecule has 0 spiro atoms. The normalized spacial score (nSPS) is 11.4. The molecule has 2 aromatic heterocycles. The molecule has 0 unspecified atom stereocenters. The monoisotopic (exact) mass is 1630 g/mol. The van der Waals surface area contributed by atoms with Crippen molar-refractivity contribution in [1.29, 1.82) is 0 Å². The van der Waals surface area contributed by atoms with Gasteiger partial charge in [-0.3, -0.25) is 0 Å². The fourth-order valence-corrected chi connectivity index (χ4v) is 19.2. The Labute approximate surface area is 744 Å². The quantitative estimate of drug-likeness (QED) is 0.0959. The first-order valence-electron chi connectivity index (χ1n) is 44.0. The lowest BCUT2D eigenvalue weighted by Gasteiger charge is -2.26. The van der Waals surface area contributed by atoms with E-state index >= 15 is 0 Å². The van der Waals surface area contributed by atoms with Crippen molar-refractivity contribution < 1.29 is 0 Å². The van der Waals surface area contributed by atoms with Crippen LogP contribution in [0.1, 0.15) is 0 Å². The number of nitrogens with zero attached hydrogens (tertiary/aromatic N) is 4. The van der Waals surface area contributed by atoms with E-state index in [0.29, 0.717) is 0 Å². The molecule has 4 heteroatoms. The highest BCUT2D eigenvalue weighted by molar-refractivity contribution is 6.11. The van der Waals surface area contributed by atoms with Crippen LogP contribution in [0.2, 0.25) is 0 Å². The lowest BCUT2D eigenvalue weighted by Crippen LogP contribution is -2.10. The Morgan fingerprint density at radius 1 is 0.125 bits per heavy atom.